The lowest BCUT2D eigenvalue weighted by molar-refractivity contribution is 0.247. The first-order chi connectivity index (χ1) is 13.7. The Balaban J connectivity index is 1.54. The summed E-state index contributed by atoms with van der Waals surface area (Å²) >= 11 is 6.01. The summed E-state index contributed by atoms with van der Waals surface area (Å²) in [6.07, 6.45) is 5.24. The molecule has 1 aliphatic rings. The monoisotopic (exact) mass is 397 g/mol. The topological polar surface area (TPSA) is 32.5 Å². The summed E-state index contributed by atoms with van der Waals surface area (Å²) in [5.41, 5.74) is 9.94. The van der Waals surface area contributed by atoms with E-state index in [0.29, 0.717) is 5.92 Å². The van der Waals surface area contributed by atoms with Crippen molar-refractivity contribution < 1.29 is 0 Å². The van der Waals surface area contributed by atoms with Gasteiger partial charge in [0.1, 0.15) is 0 Å². The van der Waals surface area contributed by atoms with Gasteiger partial charge in [-0.25, -0.2) is 0 Å². The molecule has 1 aliphatic heterocycles. The predicted octanol–water partition coefficient (Wildman–Crippen LogP) is 5.28. The molecule has 1 fully saturated rings. The number of piperazine rings is 1. The molecule has 1 unspecified atom stereocenters. The van der Waals surface area contributed by atoms with Crippen LogP contribution in [0.25, 0.3) is 0 Å². The van der Waals surface area contributed by atoms with E-state index in [1.165, 1.54) is 11.3 Å². The second-order valence-corrected chi connectivity index (χ2v) is 8.03. The van der Waals surface area contributed by atoms with Crippen molar-refractivity contribution in [3.63, 3.8) is 0 Å². The van der Waals surface area contributed by atoms with Gasteiger partial charge in [0.05, 0.1) is 0 Å². The Kier molecular flexibility index (Phi) is 7.81. The van der Waals surface area contributed by atoms with Gasteiger partial charge in [-0.1, -0.05) is 54.9 Å². The third-order valence-corrected chi connectivity index (χ3v) is 5.83. The maximum absolute atomic E-state index is 6.26. The number of anilines is 1. The Labute approximate surface area is 174 Å². The zero-order valence-electron chi connectivity index (χ0n) is 16.9. The zero-order chi connectivity index (χ0) is 19.8. The largest absolute Gasteiger partial charge is 0.402 e. The van der Waals surface area contributed by atoms with Gasteiger partial charge in [0.15, 0.2) is 0 Å². The molecule has 0 bridgehead atoms. The molecule has 0 radical (unpaired) electrons. The van der Waals surface area contributed by atoms with Gasteiger partial charge < -0.3 is 10.6 Å². The van der Waals surface area contributed by atoms with E-state index in [0.717, 1.165) is 62.7 Å². The molecule has 2 N–H and O–H groups in total. The van der Waals surface area contributed by atoms with Crippen LogP contribution in [0.15, 0.2) is 66.4 Å². The SMILES string of the molecule is CC/C=C(/N)CC(CCN1CCN(c2ccc(Cl)cc2)CC1)c1ccccc1. The normalized spacial score (nSPS) is 16.9. The molecule has 3 nitrogen and oxygen atoms in total. The number of hydrogen-bond donors (Lipinski definition) is 1. The van der Waals surface area contributed by atoms with Crippen LogP contribution in [0.4, 0.5) is 5.69 Å². The van der Waals surface area contributed by atoms with Gasteiger partial charge in [0.25, 0.3) is 0 Å². The number of allylic oxidation sites excluding steroid dienone is 2. The minimum atomic E-state index is 0.485. The number of rotatable bonds is 8. The number of benzene rings is 2. The van der Waals surface area contributed by atoms with Crippen LogP contribution in [0, 0.1) is 0 Å². The van der Waals surface area contributed by atoms with Gasteiger partial charge in [-0.3, -0.25) is 4.90 Å². The van der Waals surface area contributed by atoms with E-state index in [-0.39, 0.29) is 0 Å². The van der Waals surface area contributed by atoms with Crippen molar-refractivity contribution in [1.29, 1.82) is 0 Å². The summed E-state index contributed by atoms with van der Waals surface area (Å²) in [7, 11) is 0. The van der Waals surface area contributed by atoms with Gasteiger partial charge in [-0.05, 0) is 61.6 Å². The van der Waals surface area contributed by atoms with Crippen LogP contribution in [0.5, 0.6) is 0 Å². The van der Waals surface area contributed by atoms with Gasteiger partial charge in [-0.15, -0.1) is 0 Å². The quantitative estimate of drug-likeness (QED) is 0.657. The van der Waals surface area contributed by atoms with Crippen molar-refractivity contribution in [1.82, 2.24) is 4.90 Å². The summed E-state index contributed by atoms with van der Waals surface area (Å²) in [5.74, 6) is 0.485. The van der Waals surface area contributed by atoms with Gasteiger partial charge >= 0.3 is 0 Å². The molecule has 0 saturated carbocycles. The molecule has 0 aromatic heterocycles. The molecule has 3 rings (SSSR count). The van der Waals surface area contributed by atoms with Crippen LogP contribution in [0.2, 0.25) is 5.02 Å². The highest BCUT2D eigenvalue weighted by Crippen LogP contribution is 2.27. The van der Waals surface area contributed by atoms with Crippen LogP contribution < -0.4 is 10.6 Å². The molecule has 0 spiro atoms. The highest BCUT2D eigenvalue weighted by Gasteiger charge is 2.19. The van der Waals surface area contributed by atoms with Crippen LogP contribution >= 0.6 is 11.6 Å². The summed E-state index contributed by atoms with van der Waals surface area (Å²) in [6.45, 7) is 7.60. The molecule has 0 aliphatic carbocycles. The van der Waals surface area contributed by atoms with E-state index in [9.17, 15) is 0 Å². The lowest BCUT2D eigenvalue weighted by Crippen LogP contribution is -2.46. The number of halogens is 1. The molecular weight excluding hydrogens is 366 g/mol. The molecular formula is C24H32ClN3. The molecule has 1 heterocycles. The van der Waals surface area contributed by atoms with Crippen molar-refractivity contribution in [2.75, 3.05) is 37.6 Å². The smallest absolute Gasteiger partial charge is 0.0407 e. The number of nitrogens with two attached hydrogens (primary N) is 1. The summed E-state index contributed by atoms with van der Waals surface area (Å²) in [6, 6.07) is 19.0. The minimum Gasteiger partial charge on any atom is -0.402 e. The van der Waals surface area contributed by atoms with Crippen molar-refractivity contribution >= 4 is 17.3 Å². The molecule has 1 saturated heterocycles. The van der Waals surface area contributed by atoms with Crippen molar-refractivity contribution in [3.8, 4) is 0 Å². The fourth-order valence-electron chi connectivity index (χ4n) is 3.96. The maximum atomic E-state index is 6.26. The Morgan fingerprint density at radius 2 is 1.71 bits per heavy atom. The summed E-state index contributed by atoms with van der Waals surface area (Å²) in [4.78, 5) is 5.03. The predicted molar refractivity (Wildman–Crippen MR) is 121 cm³/mol. The van der Waals surface area contributed by atoms with E-state index in [1.807, 2.05) is 12.1 Å². The lowest BCUT2D eigenvalue weighted by Gasteiger charge is -2.36. The molecule has 2 aromatic carbocycles. The fraction of sp³-hybridized carbons (Fsp3) is 0.417. The van der Waals surface area contributed by atoms with Crippen molar-refractivity contribution in [3.05, 3.63) is 77.0 Å². The van der Waals surface area contributed by atoms with Gasteiger partial charge in [0, 0.05) is 42.6 Å². The molecule has 0 amide bonds. The molecule has 1 atom stereocenters. The van der Waals surface area contributed by atoms with Crippen LogP contribution in [-0.4, -0.2) is 37.6 Å². The maximum Gasteiger partial charge on any atom is 0.0407 e. The Morgan fingerprint density at radius 1 is 1.04 bits per heavy atom. The van der Waals surface area contributed by atoms with Crippen LogP contribution in [0.3, 0.4) is 0 Å². The molecule has 4 heteroatoms. The van der Waals surface area contributed by atoms with Gasteiger partial charge in [0.2, 0.25) is 0 Å². The Hall–Kier alpha value is -1.97. The first-order valence-electron chi connectivity index (χ1n) is 10.4. The lowest BCUT2D eigenvalue weighted by atomic mass is 9.90. The molecule has 150 valence electrons. The van der Waals surface area contributed by atoms with Crippen LogP contribution in [0.1, 0.15) is 37.7 Å². The highest BCUT2D eigenvalue weighted by atomic mass is 35.5. The van der Waals surface area contributed by atoms with E-state index < -0.39 is 0 Å². The second-order valence-electron chi connectivity index (χ2n) is 7.59. The second kappa shape index (κ2) is 10.5. The standard InChI is InChI=1S/C24H32ClN3/c1-2-6-23(26)19-21(20-7-4-3-5-8-20)13-14-27-15-17-28(18-16-27)24-11-9-22(25)10-12-24/h3-12,21H,2,13-19,26H2,1H3/b23-6+. The van der Waals surface area contributed by atoms with Crippen molar-refractivity contribution in [2.45, 2.75) is 32.1 Å². The highest BCUT2D eigenvalue weighted by molar-refractivity contribution is 6.30. The minimum absolute atomic E-state index is 0.485. The number of hydrogen-bond acceptors (Lipinski definition) is 3. The van der Waals surface area contributed by atoms with E-state index in [1.54, 1.807) is 0 Å². The molecule has 28 heavy (non-hydrogen) atoms. The average molecular weight is 398 g/mol. The first kappa shape index (κ1) is 20.8. The Morgan fingerprint density at radius 3 is 2.36 bits per heavy atom. The zero-order valence-corrected chi connectivity index (χ0v) is 17.6. The van der Waals surface area contributed by atoms with Gasteiger partial charge in [-0.2, -0.15) is 0 Å². The van der Waals surface area contributed by atoms with Crippen LogP contribution in [-0.2, 0) is 0 Å². The van der Waals surface area contributed by atoms with E-state index in [2.05, 4.69) is 65.3 Å². The van der Waals surface area contributed by atoms with Crippen molar-refractivity contribution in [2.24, 2.45) is 5.73 Å². The Bertz CT molecular complexity index is 734. The fourth-order valence-corrected chi connectivity index (χ4v) is 4.09. The average Bonchev–Trinajstić information content (AvgIpc) is 2.73. The van der Waals surface area contributed by atoms with E-state index >= 15 is 0 Å². The third-order valence-electron chi connectivity index (χ3n) is 5.58. The van der Waals surface area contributed by atoms with E-state index in [4.69, 9.17) is 17.3 Å². The third kappa shape index (κ3) is 6.02. The summed E-state index contributed by atoms with van der Waals surface area (Å²) < 4.78 is 0. The molecule has 2 aromatic rings. The summed E-state index contributed by atoms with van der Waals surface area (Å²) in [5, 5.41) is 0.797. The number of nitrogens with zero attached hydrogens (tertiary/aromatic N) is 2. The first-order valence-corrected chi connectivity index (χ1v) is 10.8.